The maximum Gasteiger partial charge on any atom is 0.513 e. The van der Waals surface area contributed by atoms with Crippen molar-refractivity contribution in [1.82, 2.24) is 0 Å². The average molecular weight is 684 g/mol. The molecule has 0 bridgehead atoms. The van der Waals surface area contributed by atoms with Gasteiger partial charge in [0, 0.05) is 24.0 Å². The number of benzene rings is 5. The van der Waals surface area contributed by atoms with Crippen LogP contribution in [-0.4, -0.2) is 32.4 Å². The number of rotatable bonds is 15. The molecule has 0 spiro atoms. The third kappa shape index (κ3) is 10.8. The van der Waals surface area contributed by atoms with Crippen LogP contribution < -0.4 is 14.4 Å². The first-order chi connectivity index (χ1) is 24.8. The second-order valence-electron chi connectivity index (χ2n) is 12.4. The lowest BCUT2D eigenvalue weighted by atomic mass is 9.95. The number of ether oxygens (including phenoxy) is 4. The highest BCUT2D eigenvalue weighted by Gasteiger charge is 2.14. The molecular weight excluding hydrogens is 638 g/mol. The quantitative estimate of drug-likeness (QED) is 0.0470. The van der Waals surface area contributed by atoms with Gasteiger partial charge in [0.05, 0.1) is 20.3 Å². The summed E-state index contributed by atoms with van der Waals surface area (Å²) in [5.74, 6) is 0.905. The highest BCUT2D eigenvalue weighted by molar-refractivity contribution is 5.92. The van der Waals surface area contributed by atoms with E-state index < -0.39 is 6.16 Å². The number of hydrogen-bond donors (Lipinski definition) is 0. The highest BCUT2D eigenvalue weighted by atomic mass is 16.7. The third-order valence-electron chi connectivity index (χ3n) is 8.38. The Hall–Kier alpha value is -5.82. The van der Waals surface area contributed by atoms with E-state index in [0.717, 1.165) is 64.3 Å². The number of aryl methyl sites for hydroxylation is 2. The van der Waals surface area contributed by atoms with Gasteiger partial charge in [-0.15, -0.1) is 0 Å². The van der Waals surface area contributed by atoms with Gasteiger partial charge in [-0.1, -0.05) is 71.8 Å². The summed E-state index contributed by atoms with van der Waals surface area (Å²) in [5, 5.41) is 0. The molecule has 0 aliphatic heterocycles. The van der Waals surface area contributed by atoms with Crippen LogP contribution >= 0.6 is 0 Å². The molecule has 0 saturated carbocycles. The first kappa shape index (κ1) is 36.5. The summed E-state index contributed by atoms with van der Waals surface area (Å²) >= 11 is 0. The van der Waals surface area contributed by atoms with Crippen molar-refractivity contribution < 1.29 is 28.5 Å². The molecule has 0 aromatic heterocycles. The number of carbonyl (C=O) groups excluding carboxylic acids is 2. The van der Waals surface area contributed by atoms with Crippen LogP contribution in [-0.2, 0) is 14.3 Å². The van der Waals surface area contributed by atoms with Gasteiger partial charge in [-0.2, -0.15) is 0 Å². The average Bonchev–Trinajstić information content (AvgIpc) is 3.14. The Kier molecular flexibility index (Phi) is 13.0. The van der Waals surface area contributed by atoms with E-state index in [1.165, 1.54) is 18.1 Å². The number of esters is 1. The van der Waals surface area contributed by atoms with Crippen LogP contribution in [0.25, 0.3) is 11.6 Å². The van der Waals surface area contributed by atoms with Crippen molar-refractivity contribution in [3.8, 4) is 11.5 Å². The van der Waals surface area contributed by atoms with E-state index in [2.05, 4.69) is 97.6 Å². The number of hydrogen-bond acceptors (Lipinski definition) is 7. The van der Waals surface area contributed by atoms with Crippen LogP contribution in [0.5, 0.6) is 11.5 Å². The second kappa shape index (κ2) is 18.3. The van der Waals surface area contributed by atoms with Crippen LogP contribution in [0.3, 0.4) is 0 Å². The van der Waals surface area contributed by atoms with Gasteiger partial charge in [0.1, 0.15) is 11.5 Å². The number of carbonyl (C=O) groups is 2. The Balaban J connectivity index is 1.31. The molecule has 0 amide bonds. The van der Waals surface area contributed by atoms with E-state index >= 15 is 0 Å². The van der Waals surface area contributed by atoms with E-state index in [9.17, 15) is 9.59 Å². The molecular formula is C44H45NO6. The van der Waals surface area contributed by atoms with E-state index in [1.54, 1.807) is 19.2 Å². The molecule has 51 heavy (non-hydrogen) atoms. The van der Waals surface area contributed by atoms with Crippen LogP contribution in [0.4, 0.5) is 21.9 Å². The van der Waals surface area contributed by atoms with Gasteiger partial charge in [0.15, 0.2) is 0 Å². The van der Waals surface area contributed by atoms with Crippen LogP contribution in [0.1, 0.15) is 60.4 Å². The topological polar surface area (TPSA) is 74.3 Å². The molecule has 5 aromatic rings. The largest absolute Gasteiger partial charge is 0.513 e. The molecule has 7 nitrogen and oxygen atoms in total. The fourth-order valence-corrected chi connectivity index (χ4v) is 5.58. The van der Waals surface area contributed by atoms with E-state index in [4.69, 9.17) is 18.9 Å². The molecule has 0 atom stereocenters. The zero-order chi connectivity index (χ0) is 36.0. The van der Waals surface area contributed by atoms with Crippen molar-refractivity contribution in [2.24, 2.45) is 0 Å². The maximum absolute atomic E-state index is 12.3. The summed E-state index contributed by atoms with van der Waals surface area (Å²) in [6.07, 6.45) is 4.67. The minimum atomic E-state index is -0.737. The van der Waals surface area contributed by atoms with Crippen LogP contribution in [0.2, 0.25) is 0 Å². The summed E-state index contributed by atoms with van der Waals surface area (Å²) in [6, 6.07) is 41.0. The molecule has 262 valence electrons. The lowest BCUT2D eigenvalue weighted by Gasteiger charge is -2.26. The first-order valence-corrected chi connectivity index (χ1v) is 17.3. The minimum absolute atomic E-state index is 0.265. The second-order valence-corrected chi connectivity index (χ2v) is 12.4. The lowest BCUT2D eigenvalue weighted by molar-refractivity contribution is -0.141. The number of unbranched alkanes of at least 4 members (excludes halogenated alkanes) is 3. The van der Waals surface area contributed by atoms with Crippen LogP contribution in [0, 0.1) is 13.8 Å². The SMILES string of the molecule is COc1ccc(/C(=C/c2ccc(N(c3ccc(C)cc3)c3ccc(C)cc3)cc2)c2ccc(OC(=O)OCCCCCCOC(C)=O)cc2)cc1. The molecule has 0 unspecified atom stereocenters. The Labute approximate surface area is 301 Å². The molecule has 7 heteroatoms. The standard InChI is InChI=1S/C44H45NO6/c1-32-9-19-38(20-10-32)45(39-21-11-33(2)12-22-39)40-23-13-35(14-24-40)31-43(36-15-25-41(48-4)26-16-36)37-17-27-42(28-18-37)51-44(47)50-30-8-6-5-7-29-49-34(3)46/h9-28,31H,5-8,29-30H2,1-4H3/b43-31-. The molecule has 5 aromatic carbocycles. The van der Waals surface area contributed by atoms with Gasteiger partial charge in [-0.3, -0.25) is 4.79 Å². The van der Waals surface area contributed by atoms with E-state index in [0.29, 0.717) is 18.8 Å². The molecule has 0 heterocycles. The highest BCUT2D eigenvalue weighted by Crippen LogP contribution is 2.36. The summed E-state index contributed by atoms with van der Waals surface area (Å²) in [6.45, 7) is 6.27. The lowest BCUT2D eigenvalue weighted by Crippen LogP contribution is -2.11. The third-order valence-corrected chi connectivity index (χ3v) is 8.38. The predicted molar refractivity (Wildman–Crippen MR) is 204 cm³/mol. The molecule has 5 rings (SSSR count). The smallest absolute Gasteiger partial charge is 0.497 e. The summed E-state index contributed by atoms with van der Waals surface area (Å²) in [7, 11) is 1.65. The van der Waals surface area contributed by atoms with Crippen molar-refractivity contribution in [1.29, 1.82) is 0 Å². The molecule has 0 fully saturated rings. The Morgan fingerprint density at radius 2 is 1.02 bits per heavy atom. The number of methoxy groups -OCH3 is 1. The monoisotopic (exact) mass is 683 g/mol. The van der Waals surface area contributed by atoms with Gasteiger partial charge < -0.3 is 23.8 Å². The molecule has 0 radical (unpaired) electrons. The van der Waals surface area contributed by atoms with Crippen molar-refractivity contribution >= 4 is 40.8 Å². The molecule has 0 aliphatic carbocycles. The van der Waals surface area contributed by atoms with Gasteiger partial charge in [0.25, 0.3) is 0 Å². The Morgan fingerprint density at radius 1 is 0.569 bits per heavy atom. The minimum Gasteiger partial charge on any atom is -0.497 e. The van der Waals surface area contributed by atoms with Gasteiger partial charge in [-0.05, 0) is 129 Å². The fourth-order valence-electron chi connectivity index (χ4n) is 5.58. The molecule has 0 aliphatic rings. The maximum atomic E-state index is 12.3. The van der Waals surface area contributed by atoms with Crippen LogP contribution in [0.15, 0.2) is 121 Å². The number of nitrogens with zero attached hydrogens (tertiary/aromatic N) is 1. The summed E-state index contributed by atoms with van der Waals surface area (Å²) in [4.78, 5) is 25.4. The van der Waals surface area contributed by atoms with Crippen molar-refractivity contribution in [2.75, 3.05) is 25.2 Å². The molecule has 0 saturated heterocycles. The summed E-state index contributed by atoms with van der Waals surface area (Å²) in [5.41, 5.74) is 9.67. The van der Waals surface area contributed by atoms with Crippen molar-refractivity contribution in [2.45, 2.75) is 46.5 Å². The molecule has 0 N–H and O–H groups in total. The first-order valence-electron chi connectivity index (χ1n) is 17.3. The van der Waals surface area contributed by atoms with Crippen molar-refractivity contribution in [3.63, 3.8) is 0 Å². The van der Waals surface area contributed by atoms with Gasteiger partial charge in [0.2, 0.25) is 0 Å². The summed E-state index contributed by atoms with van der Waals surface area (Å²) < 4.78 is 21.0. The Bertz CT molecular complexity index is 1830. The number of anilines is 3. The fraction of sp³-hybridized carbons (Fsp3) is 0.227. The zero-order valence-electron chi connectivity index (χ0n) is 29.8. The van der Waals surface area contributed by atoms with E-state index in [1.807, 2.05) is 36.4 Å². The van der Waals surface area contributed by atoms with Crippen molar-refractivity contribution in [3.05, 3.63) is 149 Å². The Morgan fingerprint density at radius 3 is 1.49 bits per heavy atom. The normalized spacial score (nSPS) is 11.1. The van der Waals surface area contributed by atoms with E-state index in [-0.39, 0.29) is 12.6 Å². The van der Waals surface area contributed by atoms with Gasteiger partial charge in [-0.25, -0.2) is 4.79 Å². The zero-order valence-corrected chi connectivity index (χ0v) is 29.8. The predicted octanol–water partition coefficient (Wildman–Crippen LogP) is 11.0. The van der Waals surface area contributed by atoms with Gasteiger partial charge >= 0.3 is 12.1 Å².